The van der Waals surface area contributed by atoms with Crippen LogP contribution in [0.15, 0.2) is 30.3 Å². The number of hydrogen-bond acceptors (Lipinski definition) is 4. The average molecular weight is 425 g/mol. The second-order valence-corrected chi connectivity index (χ2v) is 9.99. The molecule has 1 aromatic rings. The highest BCUT2D eigenvalue weighted by Gasteiger charge is 2.43. The zero-order chi connectivity index (χ0) is 21.0. The molecule has 0 atom stereocenters. The van der Waals surface area contributed by atoms with Crippen LogP contribution >= 0.6 is 0 Å². The van der Waals surface area contributed by atoms with Crippen molar-refractivity contribution in [3.05, 3.63) is 30.3 Å². The molecule has 0 heterocycles. The van der Waals surface area contributed by atoms with E-state index in [2.05, 4.69) is 6.92 Å². The van der Waals surface area contributed by atoms with E-state index in [-0.39, 0.29) is 0 Å². The third kappa shape index (κ3) is 11.9. The van der Waals surface area contributed by atoms with Crippen LogP contribution in [0, 0.1) is 0 Å². The number of unbranched alkanes of at least 4 members (excludes halogenated alkanes) is 9. The highest BCUT2D eigenvalue weighted by Crippen LogP contribution is 2.12. The third-order valence-electron chi connectivity index (χ3n) is 4.96. The Labute approximate surface area is 180 Å². The molecule has 0 amide bonds. The van der Waals surface area contributed by atoms with Crippen molar-refractivity contribution in [2.75, 3.05) is 33.0 Å². The Morgan fingerprint density at radius 3 is 1.69 bits per heavy atom. The largest absolute Gasteiger partial charge is 0.537 e. The van der Waals surface area contributed by atoms with Gasteiger partial charge in [-0.1, -0.05) is 95.0 Å². The smallest absolute Gasteiger partial charge is 0.379 e. The molecule has 1 aromatic carbocycles. The van der Waals surface area contributed by atoms with Gasteiger partial charge in [0.25, 0.3) is 0 Å². The maximum atomic E-state index is 6.17. The molecule has 168 valence electrons. The summed E-state index contributed by atoms with van der Waals surface area (Å²) in [5, 5.41) is 1.01. The van der Waals surface area contributed by atoms with Crippen molar-refractivity contribution < 1.29 is 18.0 Å². The van der Waals surface area contributed by atoms with Gasteiger partial charge in [-0.25, -0.2) is 0 Å². The lowest BCUT2D eigenvalue weighted by Gasteiger charge is -2.29. The summed E-state index contributed by atoms with van der Waals surface area (Å²) in [5.74, 6) is 0. The molecule has 29 heavy (non-hydrogen) atoms. The highest BCUT2D eigenvalue weighted by molar-refractivity contribution is 6.75. The Bertz CT molecular complexity index is 463. The first-order valence-corrected chi connectivity index (χ1v) is 13.6. The van der Waals surface area contributed by atoms with Gasteiger partial charge in [-0.05, 0) is 20.3 Å². The van der Waals surface area contributed by atoms with E-state index in [9.17, 15) is 0 Å². The zero-order valence-corrected chi connectivity index (χ0v) is 20.1. The van der Waals surface area contributed by atoms with Crippen molar-refractivity contribution in [3.63, 3.8) is 0 Å². The standard InChI is InChI=1S/C24H44O4Si/c1-4-7-8-9-10-11-12-13-14-18-21-25-22-23-28-29(26-5-2,27-6-3)24-19-16-15-17-20-24/h15-17,19-20H,4-14,18,21-23H2,1-3H3. The zero-order valence-electron chi connectivity index (χ0n) is 19.1. The Morgan fingerprint density at radius 1 is 0.586 bits per heavy atom. The molecule has 0 saturated carbocycles. The Kier molecular flexibility index (Phi) is 16.4. The summed E-state index contributed by atoms with van der Waals surface area (Å²) in [6.07, 6.45) is 13.4. The van der Waals surface area contributed by atoms with Crippen LogP contribution in [-0.2, 0) is 18.0 Å². The first-order chi connectivity index (χ1) is 14.3. The van der Waals surface area contributed by atoms with Crippen molar-refractivity contribution in [3.8, 4) is 0 Å². The van der Waals surface area contributed by atoms with Crippen LogP contribution < -0.4 is 5.19 Å². The Morgan fingerprint density at radius 2 is 1.14 bits per heavy atom. The monoisotopic (exact) mass is 424 g/mol. The molecule has 0 radical (unpaired) electrons. The predicted molar refractivity (Wildman–Crippen MR) is 124 cm³/mol. The van der Waals surface area contributed by atoms with E-state index >= 15 is 0 Å². The number of hydrogen-bond donors (Lipinski definition) is 0. The summed E-state index contributed by atoms with van der Waals surface area (Å²) in [6.45, 7) is 9.26. The molecule has 0 unspecified atom stereocenters. The van der Waals surface area contributed by atoms with Crippen molar-refractivity contribution in [1.29, 1.82) is 0 Å². The van der Waals surface area contributed by atoms with E-state index in [1.807, 2.05) is 44.2 Å². The van der Waals surface area contributed by atoms with E-state index in [4.69, 9.17) is 18.0 Å². The Balaban J connectivity index is 2.13. The maximum absolute atomic E-state index is 6.17. The normalized spacial score (nSPS) is 11.8. The fourth-order valence-corrected chi connectivity index (χ4v) is 5.89. The molecule has 0 bridgehead atoms. The molecule has 0 saturated heterocycles. The first-order valence-electron chi connectivity index (χ1n) is 11.8. The van der Waals surface area contributed by atoms with Gasteiger partial charge in [-0.15, -0.1) is 0 Å². The van der Waals surface area contributed by atoms with E-state index in [0.717, 1.165) is 18.2 Å². The summed E-state index contributed by atoms with van der Waals surface area (Å²) in [4.78, 5) is 0. The SMILES string of the molecule is CCCCCCCCCCCCOCCO[Si](OCC)(OCC)c1ccccc1. The molecule has 5 heteroatoms. The minimum atomic E-state index is -2.85. The minimum Gasteiger partial charge on any atom is -0.379 e. The first kappa shape index (κ1) is 26.3. The van der Waals surface area contributed by atoms with Gasteiger partial charge < -0.3 is 18.0 Å². The molecule has 0 spiro atoms. The van der Waals surface area contributed by atoms with E-state index in [0.29, 0.717) is 26.4 Å². The lowest BCUT2D eigenvalue weighted by molar-refractivity contribution is 0.0422. The second-order valence-electron chi connectivity index (χ2n) is 7.43. The number of rotatable bonds is 20. The van der Waals surface area contributed by atoms with E-state index < -0.39 is 8.80 Å². The lowest BCUT2D eigenvalue weighted by atomic mass is 10.1. The van der Waals surface area contributed by atoms with Crippen LogP contribution in [-0.4, -0.2) is 41.8 Å². The molecule has 4 nitrogen and oxygen atoms in total. The van der Waals surface area contributed by atoms with Crippen LogP contribution in [0.1, 0.15) is 85.0 Å². The summed E-state index contributed by atoms with van der Waals surface area (Å²) in [6, 6.07) is 10.1. The van der Waals surface area contributed by atoms with Crippen LogP contribution in [0.25, 0.3) is 0 Å². The quantitative estimate of drug-likeness (QED) is 0.194. The molecule has 0 aliphatic rings. The molecule has 0 aliphatic carbocycles. The van der Waals surface area contributed by atoms with E-state index in [1.165, 1.54) is 57.8 Å². The highest BCUT2D eigenvalue weighted by atomic mass is 28.4. The molecule has 0 aliphatic heterocycles. The molecule has 0 N–H and O–H groups in total. The maximum Gasteiger partial charge on any atom is 0.537 e. The third-order valence-corrected chi connectivity index (χ3v) is 7.92. The van der Waals surface area contributed by atoms with Gasteiger partial charge in [0.1, 0.15) is 0 Å². The van der Waals surface area contributed by atoms with Gasteiger partial charge in [0.15, 0.2) is 0 Å². The molecule has 0 fully saturated rings. The van der Waals surface area contributed by atoms with Crippen LogP contribution in [0.2, 0.25) is 0 Å². The summed E-state index contributed by atoms with van der Waals surface area (Å²) >= 11 is 0. The van der Waals surface area contributed by atoms with Crippen molar-refractivity contribution >= 4 is 14.0 Å². The topological polar surface area (TPSA) is 36.9 Å². The van der Waals surface area contributed by atoms with Crippen LogP contribution in [0.4, 0.5) is 0 Å². The molecule has 1 rings (SSSR count). The van der Waals surface area contributed by atoms with Crippen LogP contribution in [0.5, 0.6) is 0 Å². The van der Waals surface area contributed by atoms with Gasteiger partial charge in [-0.2, -0.15) is 0 Å². The predicted octanol–water partition coefficient (Wildman–Crippen LogP) is 5.86. The van der Waals surface area contributed by atoms with Gasteiger partial charge >= 0.3 is 8.80 Å². The average Bonchev–Trinajstić information content (AvgIpc) is 2.75. The fraction of sp³-hybridized carbons (Fsp3) is 0.750. The number of ether oxygens (including phenoxy) is 1. The van der Waals surface area contributed by atoms with Crippen molar-refractivity contribution in [1.82, 2.24) is 0 Å². The van der Waals surface area contributed by atoms with Crippen molar-refractivity contribution in [2.45, 2.75) is 85.0 Å². The van der Waals surface area contributed by atoms with Gasteiger partial charge in [0, 0.05) is 25.0 Å². The fourth-order valence-electron chi connectivity index (χ4n) is 3.43. The summed E-state index contributed by atoms with van der Waals surface area (Å²) in [5.41, 5.74) is 0. The van der Waals surface area contributed by atoms with Crippen LogP contribution in [0.3, 0.4) is 0 Å². The van der Waals surface area contributed by atoms with Gasteiger partial charge in [-0.3, -0.25) is 0 Å². The van der Waals surface area contributed by atoms with E-state index in [1.54, 1.807) is 0 Å². The summed E-state index contributed by atoms with van der Waals surface area (Å²) < 4.78 is 24.0. The Hall–Kier alpha value is -0.723. The number of benzene rings is 1. The van der Waals surface area contributed by atoms with Gasteiger partial charge in [0.2, 0.25) is 0 Å². The van der Waals surface area contributed by atoms with Crippen molar-refractivity contribution in [2.24, 2.45) is 0 Å². The molecular weight excluding hydrogens is 380 g/mol. The molecule has 0 aromatic heterocycles. The second kappa shape index (κ2) is 18.1. The van der Waals surface area contributed by atoms with Gasteiger partial charge in [0.05, 0.1) is 13.2 Å². The lowest BCUT2D eigenvalue weighted by Crippen LogP contribution is -2.57. The minimum absolute atomic E-state index is 0.499. The molecular formula is C24H44O4Si. The summed E-state index contributed by atoms with van der Waals surface area (Å²) in [7, 11) is -2.85.